The van der Waals surface area contributed by atoms with Gasteiger partial charge in [-0.3, -0.25) is 0 Å². The Hall–Kier alpha value is -0.130. The Morgan fingerprint density at radius 1 is 1.69 bits per heavy atom. The number of nitrogens with one attached hydrogen (secondary N) is 1. The fourth-order valence-corrected chi connectivity index (χ4v) is 2.62. The van der Waals surface area contributed by atoms with E-state index in [2.05, 4.69) is 16.6 Å². The van der Waals surface area contributed by atoms with Crippen molar-refractivity contribution in [2.24, 2.45) is 9.50 Å². The van der Waals surface area contributed by atoms with Gasteiger partial charge in [0, 0.05) is 11.8 Å². The van der Waals surface area contributed by atoms with Crippen molar-refractivity contribution in [1.29, 1.82) is 0 Å². The van der Waals surface area contributed by atoms with Crippen molar-refractivity contribution in [3.63, 3.8) is 0 Å². The van der Waals surface area contributed by atoms with Crippen LogP contribution in [0.2, 0.25) is 0 Å². The summed E-state index contributed by atoms with van der Waals surface area (Å²) >= 11 is 0. The van der Waals surface area contributed by atoms with E-state index in [0.29, 0.717) is 0 Å². The van der Waals surface area contributed by atoms with Crippen LogP contribution in [0.5, 0.6) is 0 Å². The lowest BCUT2D eigenvalue weighted by molar-refractivity contribution is 0.162. The molecule has 0 spiro atoms. The molecule has 1 unspecified atom stereocenters. The standard InChI is InChI=1S/C8H19N3OS/c1-4-8(10-2)5-7(6-8)11-13(3,9)12/h7,10H,4-6H2,1-3H3,(H2,9,11,12). The van der Waals surface area contributed by atoms with Crippen LogP contribution in [0.15, 0.2) is 4.36 Å². The first-order chi connectivity index (χ1) is 5.91. The minimum Gasteiger partial charge on any atom is -0.314 e. The van der Waals surface area contributed by atoms with E-state index in [1.807, 2.05) is 7.05 Å². The minimum atomic E-state index is -2.40. The first kappa shape index (κ1) is 10.9. The summed E-state index contributed by atoms with van der Waals surface area (Å²) in [5, 5.41) is 8.64. The average Bonchev–Trinajstić information content (AvgIpc) is 1.94. The maximum absolute atomic E-state index is 11.2. The van der Waals surface area contributed by atoms with Gasteiger partial charge in [0.1, 0.15) is 9.92 Å². The molecule has 0 heterocycles. The van der Waals surface area contributed by atoms with Crippen LogP contribution >= 0.6 is 0 Å². The summed E-state index contributed by atoms with van der Waals surface area (Å²) < 4.78 is 15.2. The second kappa shape index (κ2) is 3.55. The number of nitrogens with zero attached hydrogens (tertiary/aromatic N) is 1. The molecular formula is C8H19N3OS. The van der Waals surface area contributed by atoms with Crippen LogP contribution in [0.3, 0.4) is 0 Å². The van der Waals surface area contributed by atoms with Gasteiger partial charge in [0.25, 0.3) is 0 Å². The summed E-state index contributed by atoms with van der Waals surface area (Å²) in [4.78, 5) is 0. The molecule has 0 bridgehead atoms. The Kier molecular flexibility index (Phi) is 2.99. The van der Waals surface area contributed by atoms with Gasteiger partial charge in [-0.1, -0.05) is 6.92 Å². The van der Waals surface area contributed by atoms with Crippen molar-refractivity contribution in [2.75, 3.05) is 13.3 Å². The Morgan fingerprint density at radius 2 is 2.23 bits per heavy atom. The van der Waals surface area contributed by atoms with Gasteiger partial charge in [-0.2, -0.15) is 0 Å². The smallest absolute Gasteiger partial charge is 0.102 e. The van der Waals surface area contributed by atoms with Gasteiger partial charge in [0.05, 0.1) is 6.04 Å². The van der Waals surface area contributed by atoms with Crippen LogP contribution in [0.25, 0.3) is 0 Å². The SMILES string of the molecule is CCC1(NC)CC(N=S(C)(N)=O)C1. The van der Waals surface area contributed by atoms with Crippen molar-refractivity contribution in [3.05, 3.63) is 0 Å². The van der Waals surface area contributed by atoms with E-state index in [9.17, 15) is 4.21 Å². The molecule has 1 rings (SSSR count). The molecule has 0 radical (unpaired) electrons. The van der Waals surface area contributed by atoms with Crippen molar-refractivity contribution < 1.29 is 4.21 Å². The molecule has 5 heteroatoms. The molecule has 0 aliphatic heterocycles. The summed E-state index contributed by atoms with van der Waals surface area (Å²) in [5.74, 6) is 0. The van der Waals surface area contributed by atoms with E-state index in [1.165, 1.54) is 6.26 Å². The van der Waals surface area contributed by atoms with E-state index in [0.717, 1.165) is 19.3 Å². The molecule has 3 N–H and O–H groups in total. The van der Waals surface area contributed by atoms with Crippen LogP contribution in [0.4, 0.5) is 0 Å². The quantitative estimate of drug-likeness (QED) is 0.704. The number of hydrogen-bond donors (Lipinski definition) is 2. The lowest BCUT2D eigenvalue weighted by atomic mass is 9.71. The van der Waals surface area contributed by atoms with Gasteiger partial charge in [-0.25, -0.2) is 13.7 Å². The molecule has 0 aromatic heterocycles. The summed E-state index contributed by atoms with van der Waals surface area (Å²) in [6.45, 7) is 2.15. The highest BCUT2D eigenvalue weighted by atomic mass is 32.2. The number of rotatable bonds is 3. The van der Waals surface area contributed by atoms with Crippen LogP contribution in [-0.4, -0.2) is 29.1 Å². The molecule has 0 amide bonds. The third-order valence-corrected chi connectivity index (χ3v) is 3.53. The highest BCUT2D eigenvalue weighted by Gasteiger charge is 2.41. The van der Waals surface area contributed by atoms with E-state index in [4.69, 9.17) is 5.14 Å². The highest BCUT2D eigenvalue weighted by Crippen LogP contribution is 2.37. The Balaban J connectivity index is 2.55. The van der Waals surface area contributed by atoms with Crippen LogP contribution < -0.4 is 10.5 Å². The summed E-state index contributed by atoms with van der Waals surface area (Å²) in [7, 11) is -0.440. The van der Waals surface area contributed by atoms with Crippen LogP contribution in [0.1, 0.15) is 26.2 Å². The third kappa shape index (κ3) is 2.65. The first-order valence-corrected chi connectivity index (χ1v) is 6.57. The molecule has 1 saturated carbocycles. The second-order valence-corrected chi connectivity index (χ2v) is 5.85. The summed E-state index contributed by atoms with van der Waals surface area (Å²) in [6, 6.07) is 0.190. The normalized spacial score (nSPS) is 37.7. The molecule has 1 fully saturated rings. The van der Waals surface area contributed by atoms with Gasteiger partial charge in [-0.05, 0) is 26.3 Å². The first-order valence-electron chi connectivity index (χ1n) is 4.59. The van der Waals surface area contributed by atoms with E-state index >= 15 is 0 Å². The zero-order valence-electron chi connectivity index (χ0n) is 8.54. The van der Waals surface area contributed by atoms with Gasteiger partial charge in [0.15, 0.2) is 0 Å². The average molecular weight is 205 g/mol. The van der Waals surface area contributed by atoms with E-state index in [1.54, 1.807) is 0 Å². The van der Waals surface area contributed by atoms with Gasteiger partial charge < -0.3 is 5.32 Å². The maximum atomic E-state index is 11.2. The zero-order chi connectivity index (χ0) is 10.1. The molecule has 0 aromatic carbocycles. The molecule has 4 nitrogen and oxygen atoms in total. The largest absolute Gasteiger partial charge is 0.314 e. The van der Waals surface area contributed by atoms with Gasteiger partial charge in [0.2, 0.25) is 0 Å². The fourth-order valence-electron chi connectivity index (χ4n) is 1.88. The molecule has 78 valence electrons. The lowest BCUT2D eigenvalue weighted by Gasteiger charge is -2.45. The zero-order valence-corrected chi connectivity index (χ0v) is 9.36. The molecule has 1 atom stereocenters. The molecule has 1 aliphatic rings. The van der Waals surface area contributed by atoms with Gasteiger partial charge >= 0.3 is 0 Å². The molecule has 13 heavy (non-hydrogen) atoms. The molecule has 0 saturated heterocycles. The Labute approximate surface area is 80.6 Å². The van der Waals surface area contributed by atoms with Crippen LogP contribution in [-0.2, 0) is 9.92 Å². The summed E-state index contributed by atoms with van der Waals surface area (Å²) in [5.41, 5.74) is 0.221. The summed E-state index contributed by atoms with van der Waals surface area (Å²) in [6.07, 6.45) is 4.49. The van der Waals surface area contributed by atoms with Crippen molar-refractivity contribution in [3.8, 4) is 0 Å². The number of hydrogen-bond acceptors (Lipinski definition) is 3. The molecule has 0 aromatic rings. The molecular weight excluding hydrogens is 186 g/mol. The highest BCUT2D eigenvalue weighted by molar-refractivity contribution is 7.90. The number of nitrogens with two attached hydrogens (primary N) is 1. The minimum absolute atomic E-state index is 0.190. The Morgan fingerprint density at radius 3 is 2.54 bits per heavy atom. The topological polar surface area (TPSA) is 67.5 Å². The van der Waals surface area contributed by atoms with Crippen LogP contribution in [0, 0.1) is 0 Å². The van der Waals surface area contributed by atoms with Gasteiger partial charge in [-0.15, -0.1) is 0 Å². The monoisotopic (exact) mass is 205 g/mol. The van der Waals surface area contributed by atoms with Crippen molar-refractivity contribution in [1.82, 2.24) is 5.32 Å². The van der Waals surface area contributed by atoms with E-state index in [-0.39, 0.29) is 11.6 Å². The third-order valence-electron chi connectivity index (χ3n) is 2.82. The van der Waals surface area contributed by atoms with E-state index < -0.39 is 9.92 Å². The predicted molar refractivity (Wildman–Crippen MR) is 55.8 cm³/mol. The Bertz CT molecular complexity index is 274. The molecule has 1 aliphatic carbocycles. The second-order valence-electron chi connectivity index (χ2n) is 3.91. The maximum Gasteiger partial charge on any atom is 0.102 e. The lowest BCUT2D eigenvalue weighted by Crippen LogP contribution is -2.55. The fraction of sp³-hybridized carbons (Fsp3) is 1.00. The van der Waals surface area contributed by atoms with Crippen molar-refractivity contribution >= 4 is 9.92 Å². The predicted octanol–water partition coefficient (Wildman–Crippen LogP) is 0.488. The van der Waals surface area contributed by atoms with Crippen molar-refractivity contribution in [2.45, 2.75) is 37.8 Å².